The number of hydrogen-bond donors (Lipinski definition) is 3. The molecule has 3 heteroatoms. The van der Waals surface area contributed by atoms with Gasteiger partial charge in [0.15, 0.2) is 0 Å². The minimum Gasteiger partial charge on any atom is -0.393 e. The molecule has 0 aromatic heterocycles. The first-order valence-electron chi connectivity index (χ1n) is 13.8. The van der Waals surface area contributed by atoms with Gasteiger partial charge in [0, 0.05) is 5.41 Å². The van der Waals surface area contributed by atoms with Crippen molar-refractivity contribution < 1.29 is 15.3 Å². The van der Waals surface area contributed by atoms with Crippen LogP contribution in [0.3, 0.4) is 0 Å². The first-order valence-corrected chi connectivity index (χ1v) is 13.8. The van der Waals surface area contributed by atoms with Crippen molar-refractivity contribution in [3.05, 3.63) is 11.6 Å². The van der Waals surface area contributed by atoms with Crippen molar-refractivity contribution in [1.29, 1.82) is 0 Å². The third-order valence-corrected chi connectivity index (χ3v) is 13.1. The normalized spacial score (nSPS) is 57.1. The quantitative estimate of drug-likeness (QED) is 0.384. The van der Waals surface area contributed by atoms with Crippen molar-refractivity contribution in [2.75, 3.05) is 0 Å². The molecule has 10 atom stereocenters. The van der Waals surface area contributed by atoms with E-state index >= 15 is 0 Å². The average Bonchev–Trinajstić information content (AvgIpc) is 2.68. The van der Waals surface area contributed by atoms with Gasteiger partial charge in [-0.15, -0.1) is 0 Å². The molecule has 0 amide bonds. The van der Waals surface area contributed by atoms with E-state index in [9.17, 15) is 15.3 Å². The topological polar surface area (TPSA) is 60.7 Å². The molecular formula is C30H50O3. The van der Waals surface area contributed by atoms with Gasteiger partial charge in [0.1, 0.15) is 0 Å². The SMILES string of the molecule is CC1(C)C[C@H](O)[C@]2(C)CC[C@]3(C)C(=CC[C@@H]4[C@@]5(C)C[C@H](O)[C@H](O)C(C)(C)[C@@H]5CC[C@]43C)[C@@H]2C1. The number of allylic oxidation sites excluding steroid dienone is 2. The fourth-order valence-electron chi connectivity index (χ4n) is 10.8. The molecule has 4 saturated carbocycles. The number of aliphatic hydroxyl groups excluding tert-OH is 3. The highest BCUT2D eigenvalue weighted by atomic mass is 16.3. The Bertz CT molecular complexity index is 859. The fraction of sp³-hybridized carbons (Fsp3) is 0.933. The summed E-state index contributed by atoms with van der Waals surface area (Å²) >= 11 is 0. The lowest BCUT2D eigenvalue weighted by atomic mass is 9.33. The van der Waals surface area contributed by atoms with Crippen LogP contribution >= 0.6 is 0 Å². The maximum absolute atomic E-state index is 11.3. The second kappa shape index (κ2) is 6.88. The van der Waals surface area contributed by atoms with E-state index in [0.717, 1.165) is 32.1 Å². The molecule has 3 nitrogen and oxygen atoms in total. The number of fused-ring (bicyclic) bond motifs is 7. The minimum atomic E-state index is -0.634. The molecule has 5 aliphatic rings. The van der Waals surface area contributed by atoms with E-state index in [-0.39, 0.29) is 38.6 Å². The molecule has 33 heavy (non-hydrogen) atoms. The summed E-state index contributed by atoms with van der Waals surface area (Å²) in [4.78, 5) is 0. The van der Waals surface area contributed by atoms with Crippen LogP contribution in [-0.2, 0) is 0 Å². The van der Waals surface area contributed by atoms with Crippen molar-refractivity contribution in [1.82, 2.24) is 0 Å². The predicted molar refractivity (Wildman–Crippen MR) is 133 cm³/mol. The van der Waals surface area contributed by atoms with Crippen molar-refractivity contribution >= 4 is 0 Å². The monoisotopic (exact) mass is 458 g/mol. The molecule has 188 valence electrons. The average molecular weight is 459 g/mol. The molecule has 0 spiro atoms. The van der Waals surface area contributed by atoms with Crippen LogP contribution in [0.5, 0.6) is 0 Å². The van der Waals surface area contributed by atoms with Gasteiger partial charge >= 0.3 is 0 Å². The standard InChI is InChI=1S/C30H50O3/c1-25(2)15-19-18-9-10-22-28(6)16-20(31)24(33)26(3,4)21(28)11-12-30(22,8)29(18,7)14-13-27(19,5)23(32)17-25/h9,19-24,31-33H,10-17H2,1-8H3/t19-,20-,21-,22+,23-,24-,27+,28-,29+,30+/m0/s1. The Labute approximate surface area is 202 Å². The van der Waals surface area contributed by atoms with E-state index in [1.165, 1.54) is 12.8 Å². The zero-order chi connectivity index (χ0) is 24.4. The molecular weight excluding hydrogens is 408 g/mol. The molecule has 4 fully saturated rings. The molecule has 0 aliphatic heterocycles. The molecule has 5 rings (SSSR count). The van der Waals surface area contributed by atoms with E-state index in [4.69, 9.17) is 0 Å². The summed E-state index contributed by atoms with van der Waals surface area (Å²) in [5.41, 5.74) is 1.93. The highest BCUT2D eigenvalue weighted by Crippen LogP contribution is 2.75. The largest absolute Gasteiger partial charge is 0.393 e. The predicted octanol–water partition coefficient (Wildman–Crippen LogP) is 6.11. The van der Waals surface area contributed by atoms with Gasteiger partial charge in [-0.25, -0.2) is 0 Å². The van der Waals surface area contributed by atoms with Gasteiger partial charge < -0.3 is 15.3 Å². The summed E-state index contributed by atoms with van der Waals surface area (Å²) in [5.74, 6) is 1.42. The van der Waals surface area contributed by atoms with Crippen LogP contribution in [0.1, 0.15) is 107 Å². The van der Waals surface area contributed by atoms with Crippen LogP contribution in [0.2, 0.25) is 0 Å². The summed E-state index contributed by atoms with van der Waals surface area (Å²) in [5, 5.41) is 33.2. The third kappa shape index (κ3) is 2.91. The highest BCUT2D eigenvalue weighted by molar-refractivity contribution is 5.34. The first kappa shape index (κ1) is 24.3. The van der Waals surface area contributed by atoms with E-state index in [1.54, 1.807) is 5.57 Å². The summed E-state index contributed by atoms with van der Waals surface area (Å²) < 4.78 is 0. The van der Waals surface area contributed by atoms with Crippen molar-refractivity contribution in [2.24, 2.45) is 50.2 Å². The fourth-order valence-corrected chi connectivity index (χ4v) is 10.8. The van der Waals surface area contributed by atoms with Crippen molar-refractivity contribution in [2.45, 2.75) is 125 Å². The highest BCUT2D eigenvalue weighted by Gasteiger charge is 2.69. The maximum Gasteiger partial charge on any atom is 0.0852 e. The Morgan fingerprint density at radius 3 is 2.09 bits per heavy atom. The lowest BCUT2D eigenvalue weighted by molar-refractivity contribution is -0.233. The van der Waals surface area contributed by atoms with Crippen LogP contribution in [-0.4, -0.2) is 33.6 Å². The minimum absolute atomic E-state index is 0.00169. The molecule has 3 N–H and O–H groups in total. The zero-order valence-electron chi connectivity index (χ0n) is 22.5. The second-order valence-corrected chi connectivity index (χ2v) is 15.5. The molecule has 0 saturated heterocycles. The van der Waals surface area contributed by atoms with Crippen LogP contribution in [0.15, 0.2) is 11.6 Å². The Balaban J connectivity index is 1.59. The molecule has 0 aromatic carbocycles. The van der Waals surface area contributed by atoms with Crippen molar-refractivity contribution in [3.8, 4) is 0 Å². The summed E-state index contributed by atoms with van der Waals surface area (Å²) in [7, 11) is 0. The Morgan fingerprint density at radius 2 is 1.42 bits per heavy atom. The Hall–Kier alpha value is -0.380. The number of rotatable bonds is 0. The van der Waals surface area contributed by atoms with Gasteiger partial charge in [-0.2, -0.15) is 0 Å². The summed E-state index contributed by atoms with van der Waals surface area (Å²) in [6.45, 7) is 19.0. The first-order chi connectivity index (χ1) is 15.0. The lowest BCUT2D eigenvalue weighted by Crippen LogP contribution is -2.67. The van der Waals surface area contributed by atoms with Gasteiger partial charge in [0.2, 0.25) is 0 Å². The summed E-state index contributed by atoms with van der Waals surface area (Å²) in [6.07, 6.45) is 9.63. The number of hydrogen-bond acceptors (Lipinski definition) is 3. The zero-order valence-corrected chi connectivity index (χ0v) is 22.5. The van der Waals surface area contributed by atoms with Crippen LogP contribution in [0.4, 0.5) is 0 Å². The second-order valence-electron chi connectivity index (χ2n) is 15.5. The van der Waals surface area contributed by atoms with Crippen molar-refractivity contribution in [3.63, 3.8) is 0 Å². The van der Waals surface area contributed by atoms with Crippen LogP contribution < -0.4 is 0 Å². The van der Waals surface area contributed by atoms with Gasteiger partial charge in [-0.1, -0.05) is 67.0 Å². The van der Waals surface area contributed by atoms with Gasteiger partial charge in [0.25, 0.3) is 0 Å². The molecule has 0 aromatic rings. The smallest absolute Gasteiger partial charge is 0.0852 e. The van der Waals surface area contributed by atoms with E-state index in [0.29, 0.717) is 24.2 Å². The molecule has 0 bridgehead atoms. The lowest BCUT2D eigenvalue weighted by Gasteiger charge is -2.72. The van der Waals surface area contributed by atoms with E-state index in [2.05, 4.69) is 61.5 Å². The van der Waals surface area contributed by atoms with Crippen LogP contribution in [0, 0.1) is 50.2 Å². The molecule has 5 aliphatic carbocycles. The maximum atomic E-state index is 11.3. The van der Waals surface area contributed by atoms with Crippen LogP contribution in [0.25, 0.3) is 0 Å². The van der Waals surface area contributed by atoms with E-state index < -0.39 is 12.2 Å². The van der Waals surface area contributed by atoms with Gasteiger partial charge in [0.05, 0.1) is 18.3 Å². The summed E-state index contributed by atoms with van der Waals surface area (Å²) in [6, 6.07) is 0. The number of aliphatic hydroxyl groups is 3. The Kier molecular flexibility index (Phi) is 5.07. The van der Waals surface area contributed by atoms with Gasteiger partial charge in [-0.3, -0.25) is 0 Å². The Morgan fingerprint density at radius 1 is 0.758 bits per heavy atom. The molecule has 0 radical (unpaired) electrons. The third-order valence-electron chi connectivity index (χ3n) is 13.1. The molecule has 0 unspecified atom stereocenters. The van der Waals surface area contributed by atoms with E-state index in [1.807, 2.05) is 0 Å². The van der Waals surface area contributed by atoms with Gasteiger partial charge in [-0.05, 0) is 96.2 Å². The molecule has 0 heterocycles.